The lowest BCUT2D eigenvalue weighted by atomic mass is 9.87. The summed E-state index contributed by atoms with van der Waals surface area (Å²) in [5.41, 5.74) is 4.31. The van der Waals surface area contributed by atoms with Crippen molar-refractivity contribution < 1.29 is 14.4 Å². The van der Waals surface area contributed by atoms with Gasteiger partial charge in [-0.2, -0.15) is 5.10 Å². The summed E-state index contributed by atoms with van der Waals surface area (Å²) < 4.78 is 11.1. The summed E-state index contributed by atoms with van der Waals surface area (Å²) in [5.74, 6) is 0.701. The average Bonchev–Trinajstić information content (AvgIpc) is 2.80. The maximum atomic E-state index is 11.6. The lowest BCUT2D eigenvalue weighted by Crippen LogP contribution is -2.42. The van der Waals surface area contributed by atoms with Gasteiger partial charge in [0.2, 0.25) is 5.75 Å². The molecular formula is C24H31N5O4S. The topological polar surface area (TPSA) is 101 Å². The number of benzene rings is 2. The lowest BCUT2D eigenvalue weighted by molar-refractivity contribution is -0.385. The van der Waals surface area contributed by atoms with Gasteiger partial charge in [-0.15, -0.1) is 0 Å². The van der Waals surface area contributed by atoms with Gasteiger partial charge in [0.05, 0.1) is 24.4 Å². The van der Waals surface area contributed by atoms with Gasteiger partial charge in [0, 0.05) is 37.8 Å². The van der Waals surface area contributed by atoms with Crippen molar-refractivity contribution in [2.45, 2.75) is 26.2 Å². The quantitative estimate of drug-likeness (QED) is 0.252. The monoisotopic (exact) mass is 485 g/mol. The SMILES string of the molecule is CC(C)(C)c1ccc(Oc2ccc(C=NNC(=S)NCCN3CCOCC3)cc2[N+](=O)[O-])cc1. The van der Waals surface area contributed by atoms with Crippen molar-refractivity contribution in [1.82, 2.24) is 15.6 Å². The van der Waals surface area contributed by atoms with Gasteiger partial charge in [0.25, 0.3) is 0 Å². The minimum atomic E-state index is -0.471. The van der Waals surface area contributed by atoms with Crippen LogP contribution in [0.25, 0.3) is 0 Å². The Kier molecular flexibility index (Phi) is 8.91. The predicted octanol–water partition coefficient (Wildman–Crippen LogP) is 3.81. The second-order valence-electron chi connectivity index (χ2n) is 8.94. The van der Waals surface area contributed by atoms with Crippen molar-refractivity contribution in [2.75, 3.05) is 39.4 Å². The van der Waals surface area contributed by atoms with Gasteiger partial charge in [0.15, 0.2) is 5.11 Å². The van der Waals surface area contributed by atoms with Crippen molar-refractivity contribution in [2.24, 2.45) is 5.10 Å². The molecular weight excluding hydrogens is 454 g/mol. The average molecular weight is 486 g/mol. The Hall–Kier alpha value is -3.08. The molecule has 1 aliphatic rings. The fourth-order valence-corrected chi connectivity index (χ4v) is 3.51. The molecule has 10 heteroatoms. The third kappa shape index (κ3) is 7.75. The number of hydrogen-bond acceptors (Lipinski definition) is 7. The van der Waals surface area contributed by atoms with Crippen molar-refractivity contribution in [3.05, 3.63) is 63.7 Å². The fraction of sp³-hybridized carbons (Fsp3) is 0.417. The Morgan fingerprint density at radius 1 is 1.24 bits per heavy atom. The molecule has 0 aromatic heterocycles. The molecule has 9 nitrogen and oxygen atoms in total. The summed E-state index contributed by atoms with van der Waals surface area (Å²) >= 11 is 5.22. The minimum Gasteiger partial charge on any atom is -0.450 e. The summed E-state index contributed by atoms with van der Waals surface area (Å²) in [5, 5.41) is 19.2. The van der Waals surface area contributed by atoms with Crippen LogP contribution in [-0.4, -0.2) is 60.5 Å². The van der Waals surface area contributed by atoms with E-state index in [4.69, 9.17) is 21.7 Å². The van der Waals surface area contributed by atoms with Crippen LogP contribution in [0.15, 0.2) is 47.6 Å². The van der Waals surface area contributed by atoms with Crippen LogP contribution in [0.5, 0.6) is 11.5 Å². The lowest BCUT2D eigenvalue weighted by Gasteiger charge is -2.26. The van der Waals surface area contributed by atoms with Crippen molar-refractivity contribution in [3.8, 4) is 11.5 Å². The second kappa shape index (κ2) is 11.9. The van der Waals surface area contributed by atoms with Gasteiger partial charge in [-0.25, -0.2) is 0 Å². The third-order valence-electron chi connectivity index (χ3n) is 5.32. The number of nitrogens with zero attached hydrogens (tertiary/aromatic N) is 3. The van der Waals surface area contributed by atoms with Crippen LogP contribution in [0, 0.1) is 10.1 Å². The first kappa shape index (κ1) is 25.5. The highest BCUT2D eigenvalue weighted by atomic mass is 32.1. The second-order valence-corrected chi connectivity index (χ2v) is 9.35. The van der Waals surface area contributed by atoms with Crippen LogP contribution in [0.1, 0.15) is 31.9 Å². The molecule has 0 radical (unpaired) electrons. The first-order chi connectivity index (χ1) is 16.2. The molecule has 2 aromatic rings. The molecule has 0 amide bonds. The number of thiocarbonyl (C=S) groups is 1. The highest BCUT2D eigenvalue weighted by molar-refractivity contribution is 7.80. The van der Waals surface area contributed by atoms with E-state index in [1.807, 2.05) is 24.3 Å². The Bertz CT molecular complexity index is 1020. The third-order valence-corrected chi connectivity index (χ3v) is 5.56. The maximum Gasteiger partial charge on any atom is 0.312 e. The molecule has 1 saturated heterocycles. The highest BCUT2D eigenvalue weighted by Gasteiger charge is 2.18. The molecule has 2 N–H and O–H groups in total. The Morgan fingerprint density at radius 3 is 2.59 bits per heavy atom. The summed E-state index contributed by atoms with van der Waals surface area (Å²) in [6, 6.07) is 12.2. The van der Waals surface area contributed by atoms with Crippen molar-refractivity contribution >= 4 is 29.2 Å². The molecule has 182 valence electrons. The number of ether oxygens (including phenoxy) is 2. The normalized spacial score (nSPS) is 14.7. The van der Waals surface area contributed by atoms with E-state index in [9.17, 15) is 10.1 Å². The smallest absolute Gasteiger partial charge is 0.312 e. The van der Waals surface area contributed by atoms with E-state index in [1.165, 1.54) is 12.3 Å². The van der Waals surface area contributed by atoms with E-state index in [1.54, 1.807) is 12.1 Å². The van der Waals surface area contributed by atoms with E-state index >= 15 is 0 Å². The molecule has 0 spiro atoms. The zero-order valence-electron chi connectivity index (χ0n) is 19.7. The first-order valence-corrected chi connectivity index (χ1v) is 11.6. The van der Waals surface area contributed by atoms with Gasteiger partial charge in [-0.3, -0.25) is 20.4 Å². The van der Waals surface area contributed by atoms with Crippen LogP contribution < -0.4 is 15.5 Å². The molecule has 0 unspecified atom stereocenters. The first-order valence-electron chi connectivity index (χ1n) is 11.2. The Labute approximate surface area is 205 Å². The minimum absolute atomic E-state index is 0.0140. The number of hydrogen-bond donors (Lipinski definition) is 2. The summed E-state index contributed by atoms with van der Waals surface area (Å²) in [6.07, 6.45) is 1.48. The Morgan fingerprint density at radius 2 is 1.94 bits per heavy atom. The summed E-state index contributed by atoms with van der Waals surface area (Å²) in [4.78, 5) is 13.4. The van der Waals surface area contributed by atoms with E-state index in [0.29, 0.717) is 23.0 Å². The van der Waals surface area contributed by atoms with Crippen molar-refractivity contribution in [3.63, 3.8) is 0 Å². The zero-order valence-corrected chi connectivity index (χ0v) is 20.6. The number of nitro benzene ring substituents is 1. The molecule has 3 rings (SSSR count). The number of nitro groups is 1. The number of rotatable bonds is 8. The van der Waals surface area contributed by atoms with Gasteiger partial charge < -0.3 is 14.8 Å². The van der Waals surface area contributed by atoms with Gasteiger partial charge in [-0.05, 0) is 47.5 Å². The van der Waals surface area contributed by atoms with E-state index in [2.05, 4.69) is 41.5 Å². The molecule has 1 fully saturated rings. The van der Waals surface area contributed by atoms with Gasteiger partial charge >= 0.3 is 5.69 Å². The van der Waals surface area contributed by atoms with Crippen molar-refractivity contribution in [1.29, 1.82) is 0 Å². The standard InChI is InChI=1S/C24H31N5O4S/c1-24(2,3)19-5-7-20(8-6-19)33-22-9-4-18(16-21(22)29(30)31)17-26-27-23(34)25-10-11-28-12-14-32-15-13-28/h4-9,16-17H,10-15H2,1-3H3,(H2,25,27,34). The van der Waals surface area contributed by atoms with Crippen LogP contribution in [0.3, 0.4) is 0 Å². The van der Waals surface area contributed by atoms with E-state index < -0.39 is 4.92 Å². The fourth-order valence-electron chi connectivity index (χ4n) is 3.35. The Balaban J connectivity index is 1.55. The van der Waals surface area contributed by atoms with Crippen LogP contribution in [-0.2, 0) is 10.2 Å². The largest absolute Gasteiger partial charge is 0.450 e. The summed E-state index contributed by atoms with van der Waals surface area (Å²) in [6.45, 7) is 11.3. The van der Waals surface area contributed by atoms with E-state index in [-0.39, 0.29) is 16.9 Å². The molecule has 0 bridgehead atoms. The molecule has 34 heavy (non-hydrogen) atoms. The molecule has 0 aliphatic carbocycles. The number of hydrazone groups is 1. The molecule has 0 atom stereocenters. The van der Waals surface area contributed by atoms with Crippen LogP contribution >= 0.6 is 12.2 Å². The molecule has 0 saturated carbocycles. The van der Waals surface area contributed by atoms with E-state index in [0.717, 1.165) is 38.4 Å². The molecule has 1 aliphatic heterocycles. The van der Waals surface area contributed by atoms with Gasteiger partial charge in [0.1, 0.15) is 5.75 Å². The van der Waals surface area contributed by atoms with Crippen LogP contribution in [0.4, 0.5) is 5.69 Å². The number of nitrogens with one attached hydrogen (secondary N) is 2. The molecule has 1 heterocycles. The van der Waals surface area contributed by atoms with Crippen LogP contribution in [0.2, 0.25) is 0 Å². The summed E-state index contributed by atoms with van der Waals surface area (Å²) in [7, 11) is 0. The number of morpholine rings is 1. The van der Waals surface area contributed by atoms with Gasteiger partial charge in [-0.1, -0.05) is 32.9 Å². The maximum absolute atomic E-state index is 11.6. The zero-order chi connectivity index (χ0) is 24.6. The molecule has 2 aromatic carbocycles. The predicted molar refractivity (Wildman–Crippen MR) is 137 cm³/mol. The highest BCUT2D eigenvalue weighted by Crippen LogP contribution is 2.33.